The largest absolute Gasteiger partial charge is 0.343 e. The summed E-state index contributed by atoms with van der Waals surface area (Å²) in [4.78, 5) is 20.5. The molecule has 3 aromatic carbocycles. The fourth-order valence-electron chi connectivity index (χ4n) is 4.68. The molecule has 1 atom stereocenters. The Balaban J connectivity index is 1.31. The van der Waals surface area contributed by atoms with Crippen LogP contribution in [0.15, 0.2) is 91.0 Å². The molecule has 2 heterocycles. The van der Waals surface area contributed by atoms with Gasteiger partial charge in [-0.05, 0) is 61.3 Å². The number of nitrogens with zero attached hydrogens (tertiary/aromatic N) is 2. The zero-order valence-electron chi connectivity index (χ0n) is 19.0. The van der Waals surface area contributed by atoms with Crippen molar-refractivity contribution in [3.8, 4) is 0 Å². The molecule has 5 heteroatoms. The third kappa shape index (κ3) is 5.15. The molecule has 1 aliphatic heterocycles. The van der Waals surface area contributed by atoms with Gasteiger partial charge in [0.25, 0.3) is 0 Å². The van der Waals surface area contributed by atoms with Crippen LogP contribution in [0, 0.1) is 11.7 Å². The van der Waals surface area contributed by atoms with Crippen molar-refractivity contribution in [1.29, 1.82) is 0 Å². The maximum absolute atomic E-state index is 13.6. The van der Waals surface area contributed by atoms with E-state index in [1.54, 1.807) is 12.1 Å². The number of para-hydroxylation sites is 1. The molecule has 1 N–H and O–H groups in total. The summed E-state index contributed by atoms with van der Waals surface area (Å²) < 4.78 is 13.6. The lowest BCUT2D eigenvalue weighted by Gasteiger charge is -2.32. The molecule has 0 bridgehead atoms. The summed E-state index contributed by atoms with van der Waals surface area (Å²) in [5.41, 5.74) is 3.74. The number of carbonyl (C=O) groups is 1. The Bertz CT molecular complexity index is 1250. The molecule has 0 radical (unpaired) electrons. The van der Waals surface area contributed by atoms with Gasteiger partial charge in [-0.15, -0.1) is 0 Å². The third-order valence-electron chi connectivity index (χ3n) is 6.61. The van der Waals surface area contributed by atoms with Gasteiger partial charge in [0.2, 0.25) is 5.91 Å². The van der Waals surface area contributed by atoms with Crippen molar-refractivity contribution in [2.75, 3.05) is 13.1 Å². The minimum absolute atomic E-state index is 0.0312. The molecular weight excluding hydrogens is 425 g/mol. The summed E-state index contributed by atoms with van der Waals surface area (Å²) in [6.45, 7) is 2.69. The van der Waals surface area contributed by atoms with E-state index >= 15 is 0 Å². The Labute approximate surface area is 199 Å². The van der Waals surface area contributed by atoms with Crippen LogP contribution in [-0.4, -0.2) is 28.9 Å². The summed E-state index contributed by atoms with van der Waals surface area (Å²) in [6.07, 6.45) is 1.64. The first-order valence-electron chi connectivity index (χ1n) is 11.8. The Hall–Kier alpha value is -3.57. The lowest BCUT2D eigenvalue weighted by molar-refractivity contribution is -0.127. The van der Waals surface area contributed by atoms with E-state index in [1.807, 2.05) is 42.5 Å². The number of benzene rings is 3. The molecule has 0 aliphatic carbocycles. The number of nitrogens with one attached hydrogen (secondary N) is 1. The normalized spacial score (nSPS) is 15.8. The molecule has 0 spiro atoms. The SMILES string of the molecule is O=C(NC(c1ccc(F)cc1)c1ccc2ccccc2n1)C1CCN(Cc2ccccc2)CC1. The van der Waals surface area contributed by atoms with E-state index in [4.69, 9.17) is 4.98 Å². The fraction of sp³-hybridized carbons (Fsp3) is 0.241. The van der Waals surface area contributed by atoms with Crippen molar-refractivity contribution < 1.29 is 9.18 Å². The minimum Gasteiger partial charge on any atom is -0.343 e. The molecule has 5 rings (SSSR count). The van der Waals surface area contributed by atoms with Gasteiger partial charge < -0.3 is 5.32 Å². The summed E-state index contributed by atoms with van der Waals surface area (Å²) in [5.74, 6) is -0.315. The molecule has 1 aliphatic rings. The van der Waals surface area contributed by atoms with Crippen LogP contribution < -0.4 is 5.32 Å². The highest BCUT2D eigenvalue weighted by molar-refractivity contribution is 5.81. The molecule has 0 saturated carbocycles. The number of carbonyl (C=O) groups excluding carboxylic acids is 1. The van der Waals surface area contributed by atoms with Crippen molar-refractivity contribution in [2.24, 2.45) is 5.92 Å². The molecule has 1 aromatic heterocycles. The number of halogens is 1. The Kier molecular flexibility index (Phi) is 6.63. The van der Waals surface area contributed by atoms with Crippen molar-refractivity contribution >= 4 is 16.8 Å². The first-order valence-corrected chi connectivity index (χ1v) is 11.8. The van der Waals surface area contributed by atoms with E-state index in [1.165, 1.54) is 17.7 Å². The number of amides is 1. The van der Waals surface area contributed by atoms with E-state index in [0.717, 1.165) is 54.6 Å². The number of hydrogen-bond donors (Lipinski definition) is 1. The van der Waals surface area contributed by atoms with Gasteiger partial charge in [0, 0.05) is 17.8 Å². The van der Waals surface area contributed by atoms with E-state index in [-0.39, 0.29) is 17.6 Å². The van der Waals surface area contributed by atoms with Crippen molar-refractivity contribution in [1.82, 2.24) is 15.2 Å². The Morgan fingerprint density at radius 3 is 2.38 bits per heavy atom. The molecule has 1 amide bonds. The number of fused-ring (bicyclic) bond motifs is 1. The maximum atomic E-state index is 13.6. The van der Waals surface area contributed by atoms with Gasteiger partial charge >= 0.3 is 0 Å². The molecule has 4 aromatic rings. The number of piperidine rings is 1. The van der Waals surface area contributed by atoms with Crippen LogP contribution in [0.25, 0.3) is 10.9 Å². The number of rotatable bonds is 6. The van der Waals surface area contributed by atoms with E-state index < -0.39 is 6.04 Å². The summed E-state index contributed by atoms with van der Waals surface area (Å²) >= 11 is 0. The van der Waals surface area contributed by atoms with Crippen molar-refractivity contribution in [3.05, 3.63) is 114 Å². The summed E-state index contributed by atoms with van der Waals surface area (Å²) in [7, 11) is 0. The molecule has 34 heavy (non-hydrogen) atoms. The van der Waals surface area contributed by atoms with Gasteiger partial charge in [0.15, 0.2) is 0 Å². The van der Waals surface area contributed by atoms with E-state index in [2.05, 4.69) is 34.5 Å². The number of pyridine rings is 1. The Morgan fingerprint density at radius 1 is 0.912 bits per heavy atom. The van der Waals surface area contributed by atoms with Crippen LogP contribution in [0.1, 0.15) is 35.7 Å². The molecule has 1 saturated heterocycles. The average molecular weight is 454 g/mol. The second-order valence-electron chi connectivity index (χ2n) is 8.96. The third-order valence-corrected chi connectivity index (χ3v) is 6.61. The van der Waals surface area contributed by atoms with Crippen molar-refractivity contribution in [2.45, 2.75) is 25.4 Å². The van der Waals surface area contributed by atoms with E-state index in [9.17, 15) is 9.18 Å². The highest BCUT2D eigenvalue weighted by Crippen LogP contribution is 2.26. The smallest absolute Gasteiger partial charge is 0.224 e. The lowest BCUT2D eigenvalue weighted by Crippen LogP contribution is -2.41. The summed E-state index contributed by atoms with van der Waals surface area (Å²) in [6, 6.07) is 28.2. The van der Waals surface area contributed by atoms with Crippen LogP contribution in [-0.2, 0) is 11.3 Å². The predicted octanol–water partition coefficient (Wildman–Crippen LogP) is 5.49. The molecule has 1 unspecified atom stereocenters. The maximum Gasteiger partial charge on any atom is 0.224 e. The summed E-state index contributed by atoms with van der Waals surface area (Å²) in [5, 5.41) is 4.27. The highest BCUT2D eigenvalue weighted by atomic mass is 19.1. The number of hydrogen-bond acceptors (Lipinski definition) is 3. The first-order chi connectivity index (χ1) is 16.7. The minimum atomic E-state index is -0.431. The van der Waals surface area contributed by atoms with Crippen LogP contribution in [0.3, 0.4) is 0 Å². The molecule has 172 valence electrons. The van der Waals surface area contributed by atoms with Gasteiger partial charge in [-0.3, -0.25) is 14.7 Å². The van der Waals surface area contributed by atoms with Crippen LogP contribution >= 0.6 is 0 Å². The molecular formula is C29H28FN3O. The lowest BCUT2D eigenvalue weighted by atomic mass is 9.94. The topological polar surface area (TPSA) is 45.2 Å². The average Bonchev–Trinajstić information content (AvgIpc) is 2.88. The number of likely N-dealkylation sites (tertiary alicyclic amines) is 1. The predicted molar refractivity (Wildman–Crippen MR) is 133 cm³/mol. The molecule has 4 nitrogen and oxygen atoms in total. The van der Waals surface area contributed by atoms with Crippen LogP contribution in [0.4, 0.5) is 4.39 Å². The fourth-order valence-corrected chi connectivity index (χ4v) is 4.68. The van der Waals surface area contributed by atoms with Gasteiger partial charge in [0.05, 0.1) is 17.3 Å². The van der Waals surface area contributed by atoms with Crippen molar-refractivity contribution in [3.63, 3.8) is 0 Å². The number of aromatic nitrogens is 1. The van der Waals surface area contributed by atoms with Crippen LogP contribution in [0.5, 0.6) is 0 Å². The Morgan fingerprint density at radius 2 is 1.62 bits per heavy atom. The van der Waals surface area contributed by atoms with Gasteiger partial charge in [-0.1, -0.05) is 66.7 Å². The first kappa shape index (κ1) is 22.2. The highest BCUT2D eigenvalue weighted by Gasteiger charge is 2.28. The van der Waals surface area contributed by atoms with E-state index in [0.29, 0.717) is 0 Å². The zero-order valence-corrected chi connectivity index (χ0v) is 19.0. The van der Waals surface area contributed by atoms with Gasteiger partial charge in [0.1, 0.15) is 5.82 Å². The second kappa shape index (κ2) is 10.1. The van der Waals surface area contributed by atoms with Gasteiger partial charge in [-0.2, -0.15) is 0 Å². The monoisotopic (exact) mass is 453 g/mol. The quantitative estimate of drug-likeness (QED) is 0.420. The standard InChI is InChI=1S/C29H28FN3O/c30-25-13-10-23(11-14-25)28(27-15-12-22-8-4-5-9-26(22)31-27)32-29(34)24-16-18-33(19-17-24)20-21-6-2-1-3-7-21/h1-15,24,28H,16-20H2,(H,32,34). The zero-order chi connectivity index (χ0) is 23.3. The van der Waals surface area contributed by atoms with Gasteiger partial charge in [-0.25, -0.2) is 4.39 Å². The second-order valence-corrected chi connectivity index (χ2v) is 8.96. The molecule has 1 fully saturated rings. The van der Waals surface area contributed by atoms with Crippen LogP contribution in [0.2, 0.25) is 0 Å².